The highest BCUT2D eigenvalue weighted by Crippen LogP contribution is 2.33. The van der Waals surface area contributed by atoms with Crippen molar-refractivity contribution in [1.29, 1.82) is 0 Å². The average molecular weight is 318 g/mol. The molecule has 1 aromatic carbocycles. The van der Waals surface area contributed by atoms with Crippen LogP contribution >= 0.6 is 0 Å². The molecule has 1 aliphatic heterocycles. The maximum atomic E-state index is 14.2. The van der Waals surface area contributed by atoms with Gasteiger partial charge < -0.3 is 4.74 Å². The van der Waals surface area contributed by atoms with Gasteiger partial charge in [0.15, 0.2) is 11.6 Å². The SMILES string of the molecule is COc1ccc(F)c(F)c1CN1CCCC[C@H]1c1ccccn1. The second-order valence-electron chi connectivity index (χ2n) is 5.78. The fourth-order valence-corrected chi connectivity index (χ4v) is 3.20. The highest BCUT2D eigenvalue weighted by atomic mass is 19.2. The highest BCUT2D eigenvalue weighted by Gasteiger charge is 2.27. The molecule has 0 spiro atoms. The van der Waals surface area contributed by atoms with E-state index in [0.29, 0.717) is 12.3 Å². The van der Waals surface area contributed by atoms with E-state index in [9.17, 15) is 8.78 Å². The molecule has 1 fully saturated rings. The monoisotopic (exact) mass is 318 g/mol. The lowest BCUT2D eigenvalue weighted by atomic mass is 9.97. The summed E-state index contributed by atoms with van der Waals surface area (Å²) in [5.74, 6) is -1.28. The van der Waals surface area contributed by atoms with Gasteiger partial charge in [-0.2, -0.15) is 0 Å². The molecular weight excluding hydrogens is 298 g/mol. The van der Waals surface area contributed by atoms with Crippen LogP contribution in [-0.2, 0) is 6.54 Å². The van der Waals surface area contributed by atoms with Gasteiger partial charge in [0, 0.05) is 18.3 Å². The first-order valence-corrected chi connectivity index (χ1v) is 7.86. The minimum Gasteiger partial charge on any atom is -0.496 e. The number of ether oxygens (including phenoxy) is 1. The predicted octanol–water partition coefficient (Wildman–Crippen LogP) is 4.10. The van der Waals surface area contributed by atoms with Gasteiger partial charge in [-0.3, -0.25) is 9.88 Å². The van der Waals surface area contributed by atoms with E-state index < -0.39 is 11.6 Å². The summed E-state index contributed by atoms with van der Waals surface area (Å²) >= 11 is 0. The molecule has 122 valence electrons. The van der Waals surface area contributed by atoms with E-state index in [0.717, 1.165) is 37.6 Å². The number of likely N-dealkylation sites (tertiary alicyclic amines) is 1. The molecule has 0 bridgehead atoms. The quantitative estimate of drug-likeness (QED) is 0.849. The van der Waals surface area contributed by atoms with Crippen LogP contribution in [0.15, 0.2) is 36.5 Å². The van der Waals surface area contributed by atoms with Crippen LogP contribution in [0.25, 0.3) is 0 Å². The van der Waals surface area contributed by atoms with E-state index in [1.165, 1.54) is 13.2 Å². The molecule has 0 saturated carbocycles. The van der Waals surface area contributed by atoms with Gasteiger partial charge in [-0.1, -0.05) is 12.5 Å². The minimum atomic E-state index is -0.841. The fraction of sp³-hybridized carbons (Fsp3) is 0.389. The Kier molecular flexibility index (Phi) is 4.86. The third-order valence-electron chi connectivity index (χ3n) is 4.38. The number of hydrogen-bond acceptors (Lipinski definition) is 3. The molecule has 2 aromatic rings. The van der Waals surface area contributed by atoms with Crippen LogP contribution in [0.2, 0.25) is 0 Å². The van der Waals surface area contributed by atoms with E-state index in [1.807, 2.05) is 18.2 Å². The standard InChI is InChI=1S/C18H20F2N2O/c1-23-17-9-8-14(19)18(20)13(17)12-22-11-5-3-7-16(22)15-6-2-4-10-21-15/h2,4,6,8-10,16H,3,5,7,11-12H2,1H3/t16-/m0/s1. The van der Waals surface area contributed by atoms with E-state index in [2.05, 4.69) is 9.88 Å². The van der Waals surface area contributed by atoms with Crippen LogP contribution in [0.5, 0.6) is 5.75 Å². The molecule has 1 aromatic heterocycles. The summed E-state index contributed by atoms with van der Waals surface area (Å²) in [6.07, 6.45) is 4.89. The van der Waals surface area contributed by atoms with Crippen LogP contribution in [-0.4, -0.2) is 23.5 Å². The number of hydrogen-bond donors (Lipinski definition) is 0. The van der Waals surface area contributed by atoms with Crippen LogP contribution in [0, 0.1) is 11.6 Å². The first kappa shape index (κ1) is 15.9. The summed E-state index contributed by atoms with van der Waals surface area (Å²) in [5, 5.41) is 0. The first-order valence-electron chi connectivity index (χ1n) is 7.86. The third-order valence-corrected chi connectivity index (χ3v) is 4.38. The van der Waals surface area contributed by atoms with E-state index >= 15 is 0 Å². The summed E-state index contributed by atoms with van der Waals surface area (Å²) in [6, 6.07) is 8.53. The van der Waals surface area contributed by atoms with Gasteiger partial charge in [-0.05, 0) is 43.7 Å². The Bertz CT molecular complexity index is 664. The van der Waals surface area contributed by atoms with E-state index in [1.54, 1.807) is 6.20 Å². The maximum absolute atomic E-state index is 14.2. The number of aromatic nitrogens is 1. The number of nitrogens with zero attached hydrogens (tertiary/aromatic N) is 2. The second kappa shape index (κ2) is 7.04. The molecule has 1 aliphatic rings. The Hall–Kier alpha value is -2.01. The lowest BCUT2D eigenvalue weighted by Gasteiger charge is -2.35. The molecule has 5 heteroatoms. The summed E-state index contributed by atoms with van der Waals surface area (Å²) < 4.78 is 33.1. The van der Waals surface area contributed by atoms with Crippen molar-refractivity contribution in [3.63, 3.8) is 0 Å². The molecule has 1 atom stereocenters. The topological polar surface area (TPSA) is 25.4 Å². The van der Waals surface area contributed by atoms with Gasteiger partial charge in [-0.25, -0.2) is 8.78 Å². The van der Waals surface area contributed by atoms with Gasteiger partial charge >= 0.3 is 0 Å². The second-order valence-corrected chi connectivity index (χ2v) is 5.78. The smallest absolute Gasteiger partial charge is 0.167 e. The summed E-state index contributed by atoms with van der Waals surface area (Å²) in [6.45, 7) is 1.15. The van der Waals surface area contributed by atoms with Crippen molar-refractivity contribution < 1.29 is 13.5 Å². The van der Waals surface area contributed by atoms with Crippen molar-refractivity contribution in [1.82, 2.24) is 9.88 Å². The normalized spacial score (nSPS) is 18.8. The highest BCUT2D eigenvalue weighted by molar-refractivity contribution is 5.35. The lowest BCUT2D eigenvalue weighted by Crippen LogP contribution is -2.33. The van der Waals surface area contributed by atoms with Crippen molar-refractivity contribution in [3.8, 4) is 5.75 Å². The largest absolute Gasteiger partial charge is 0.496 e. The fourth-order valence-electron chi connectivity index (χ4n) is 3.20. The molecule has 0 unspecified atom stereocenters. The van der Waals surface area contributed by atoms with E-state index in [4.69, 9.17) is 4.74 Å². The first-order chi connectivity index (χ1) is 11.2. The molecule has 23 heavy (non-hydrogen) atoms. The summed E-state index contributed by atoms with van der Waals surface area (Å²) in [5.41, 5.74) is 1.25. The summed E-state index contributed by atoms with van der Waals surface area (Å²) in [7, 11) is 1.47. The van der Waals surface area contributed by atoms with Crippen LogP contribution in [0.3, 0.4) is 0 Å². The molecule has 0 amide bonds. The van der Waals surface area contributed by atoms with E-state index in [-0.39, 0.29) is 11.6 Å². The lowest BCUT2D eigenvalue weighted by molar-refractivity contribution is 0.133. The average Bonchev–Trinajstić information content (AvgIpc) is 2.60. The number of piperidine rings is 1. The van der Waals surface area contributed by atoms with Gasteiger partial charge in [0.1, 0.15) is 5.75 Å². The van der Waals surface area contributed by atoms with Gasteiger partial charge in [0.25, 0.3) is 0 Å². The van der Waals surface area contributed by atoms with Crippen molar-refractivity contribution in [2.45, 2.75) is 31.8 Å². The van der Waals surface area contributed by atoms with Gasteiger partial charge in [0.05, 0.1) is 18.8 Å². The zero-order valence-corrected chi connectivity index (χ0v) is 13.1. The number of pyridine rings is 1. The molecule has 0 radical (unpaired) electrons. The molecule has 0 aliphatic carbocycles. The van der Waals surface area contributed by atoms with Crippen molar-refractivity contribution in [3.05, 3.63) is 59.4 Å². The van der Waals surface area contributed by atoms with Gasteiger partial charge in [-0.15, -0.1) is 0 Å². The molecule has 3 rings (SSSR count). The number of methoxy groups -OCH3 is 1. The zero-order chi connectivity index (χ0) is 16.2. The molecule has 3 nitrogen and oxygen atoms in total. The Labute approximate surface area is 134 Å². The molecule has 1 saturated heterocycles. The van der Waals surface area contributed by atoms with Crippen LogP contribution < -0.4 is 4.74 Å². The Morgan fingerprint density at radius 2 is 2.09 bits per heavy atom. The number of rotatable bonds is 4. The zero-order valence-electron chi connectivity index (χ0n) is 13.1. The number of benzene rings is 1. The van der Waals surface area contributed by atoms with Gasteiger partial charge in [0.2, 0.25) is 0 Å². The van der Waals surface area contributed by atoms with Crippen LogP contribution in [0.1, 0.15) is 36.6 Å². The van der Waals surface area contributed by atoms with Crippen LogP contribution in [0.4, 0.5) is 8.78 Å². The Morgan fingerprint density at radius 3 is 2.83 bits per heavy atom. The van der Waals surface area contributed by atoms with Crippen molar-refractivity contribution >= 4 is 0 Å². The van der Waals surface area contributed by atoms with Crippen molar-refractivity contribution in [2.75, 3.05) is 13.7 Å². The molecule has 0 N–H and O–H groups in total. The summed E-state index contributed by atoms with van der Waals surface area (Å²) in [4.78, 5) is 6.60. The molecular formula is C18H20F2N2O. The minimum absolute atomic E-state index is 0.123. The molecule has 2 heterocycles. The Morgan fingerprint density at radius 1 is 1.22 bits per heavy atom. The van der Waals surface area contributed by atoms with Crippen molar-refractivity contribution in [2.24, 2.45) is 0 Å². The predicted molar refractivity (Wildman–Crippen MR) is 84.1 cm³/mol. The third kappa shape index (κ3) is 3.34. The Balaban J connectivity index is 1.90. The maximum Gasteiger partial charge on any atom is 0.167 e. The number of halogens is 2.